The van der Waals surface area contributed by atoms with Crippen molar-refractivity contribution in [2.45, 2.75) is 6.92 Å². The number of non-ortho nitro benzene ring substituents is 1. The molecule has 0 aliphatic carbocycles. The van der Waals surface area contributed by atoms with Crippen LogP contribution in [0.2, 0.25) is 0 Å². The van der Waals surface area contributed by atoms with Crippen LogP contribution in [0.1, 0.15) is 6.92 Å². The number of fused-ring (bicyclic) bond motifs is 1. The molecule has 92 valence electrons. The number of nitro groups is 1. The number of nitrogens with one attached hydrogen (secondary N) is 1. The lowest BCUT2D eigenvalue weighted by Gasteiger charge is -2.07. The summed E-state index contributed by atoms with van der Waals surface area (Å²) in [5.41, 5.74) is 0.112. The van der Waals surface area contributed by atoms with Crippen molar-refractivity contribution in [3.63, 3.8) is 0 Å². The highest BCUT2D eigenvalue weighted by molar-refractivity contribution is 6.06. The molecule has 0 spiro atoms. The molecular weight excluding hydrogens is 236 g/mol. The molecule has 18 heavy (non-hydrogen) atoms. The summed E-state index contributed by atoms with van der Waals surface area (Å²) in [7, 11) is 0. The number of nitrogens with zero attached hydrogens (tertiary/aromatic N) is 1. The van der Waals surface area contributed by atoms with Gasteiger partial charge in [0.2, 0.25) is 5.91 Å². The van der Waals surface area contributed by atoms with Crippen LogP contribution in [0.5, 0.6) is 5.75 Å². The number of benzene rings is 2. The van der Waals surface area contributed by atoms with Gasteiger partial charge in [0.25, 0.3) is 5.69 Å². The zero-order valence-electron chi connectivity index (χ0n) is 9.51. The number of carbonyl (C=O) groups excluding carboxylic acids is 1. The van der Waals surface area contributed by atoms with E-state index in [0.29, 0.717) is 16.5 Å². The number of amides is 1. The van der Waals surface area contributed by atoms with E-state index in [1.807, 2.05) is 0 Å². The van der Waals surface area contributed by atoms with E-state index >= 15 is 0 Å². The molecule has 0 fully saturated rings. The molecule has 1 amide bonds. The van der Waals surface area contributed by atoms with Gasteiger partial charge in [0.15, 0.2) is 0 Å². The van der Waals surface area contributed by atoms with Crippen LogP contribution in [0.4, 0.5) is 11.4 Å². The molecule has 6 heteroatoms. The van der Waals surface area contributed by atoms with Crippen molar-refractivity contribution < 1.29 is 14.8 Å². The summed E-state index contributed by atoms with van der Waals surface area (Å²) in [5.74, 6) is -0.501. The van der Waals surface area contributed by atoms with Crippen LogP contribution in [0.15, 0.2) is 30.3 Å². The van der Waals surface area contributed by atoms with Gasteiger partial charge in [-0.2, -0.15) is 0 Å². The Kier molecular flexibility index (Phi) is 2.85. The van der Waals surface area contributed by atoms with E-state index < -0.39 is 4.92 Å². The van der Waals surface area contributed by atoms with E-state index in [-0.39, 0.29) is 17.3 Å². The van der Waals surface area contributed by atoms with Gasteiger partial charge in [-0.3, -0.25) is 14.9 Å². The van der Waals surface area contributed by atoms with Crippen molar-refractivity contribution in [3.8, 4) is 5.75 Å². The predicted molar refractivity (Wildman–Crippen MR) is 66.6 cm³/mol. The second-order valence-corrected chi connectivity index (χ2v) is 3.81. The summed E-state index contributed by atoms with van der Waals surface area (Å²) < 4.78 is 0. The molecule has 6 nitrogen and oxygen atoms in total. The highest BCUT2D eigenvalue weighted by Crippen LogP contribution is 2.35. The third-order valence-corrected chi connectivity index (χ3v) is 2.45. The molecule has 0 aliphatic heterocycles. The van der Waals surface area contributed by atoms with E-state index in [0.717, 1.165) is 6.07 Å². The monoisotopic (exact) mass is 246 g/mol. The molecule has 0 saturated carbocycles. The van der Waals surface area contributed by atoms with Gasteiger partial charge in [-0.15, -0.1) is 0 Å². The third kappa shape index (κ3) is 2.08. The summed E-state index contributed by atoms with van der Waals surface area (Å²) in [5, 5.41) is 23.8. The summed E-state index contributed by atoms with van der Waals surface area (Å²) in [6.45, 7) is 1.32. The maximum absolute atomic E-state index is 11.1. The molecule has 0 heterocycles. The Balaban J connectivity index is 2.80. The number of carbonyl (C=O) groups is 1. The topological polar surface area (TPSA) is 92.5 Å². The van der Waals surface area contributed by atoms with Gasteiger partial charge < -0.3 is 10.4 Å². The van der Waals surface area contributed by atoms with Gasteiger partial charge in [-0.05, 0) is 17.5 Å². The van der Waals surface area contributed by atoms with Crippen molar-refractivity contribution in [1.82, 2.24) is 0 Å². The minimum atomic E-state index is -0.590. The first-order valence-electron chi connectivity index (χ1n) is 5.17. The lowest BCUT2D eigenvalue weighted by Crippen LogP contribution is -2.06. The maximum atomic E-state index is 11.1. The Bertz CT molecular complexity index is 652. The molecule has 2 aromatic rings. The number of nitro benzene ring substituents is 1. The number of hydrogen-bond acceptors (Lipinski definition) is 4. The summed E-state index contributed by atoms with van der Waals surface area (Å²) in [6.07, 6.45) is 0. The Hall–Kier alpha value is -2.63. The van der Waals surface area contributed by atoms with Crippen molar-refractivity contribution in [2.75, 3.05) is 5.32 Å². The fraction of sp³-hybridized carbons (Fsp3) is 0.0833. The van der Waals surface area contributed by atoms with Gasteiger partial charge in [0.1, 0.15) is 5.75 Å². The number of phenolic OH excluding ortho intramolecular Hbond substituents is 1. The predicted octanol–water partition coefficient (Wildman–Crippen LogP) is 2.41. The largest absolute Gasteiger partial charge is 0.508 e. The zero-order valence-corrected chi connectivity index (χ0v) is 9.51. The Labute approximate surface area is 102 Å². The standard InChI is InChI=1S/C12H10N2O4/c1-7(15)13-10-4-2-3-8-5-9(16)6-11(12(8)10)14(17)18/h2-6,16H,1H3,(H,13,15). The molecule has 2 N–H and O–H groups in total. The minimum Gasteiger partial charge on any atom is -0.508 e. The molecule has 0 atom stereocenters. The summed E-state index contributed by atoms with van der Waals surface area (Å²) in [4.78, 5) is 21.5. The van der Waals surface area contributed by atoms with Crippen molar-refractivity contribution >= 4 is 28.1 Å². The van der Waals surface area contributed by atoms with Gasteiger partial charge in [-0.1, -0.05) is 12.1 Å². The summed E-state index contributed by atoms with van der Waals surface area (Å²) >= 11 is 0. The molecule has 0 radical (unpaired) electrons. The Morgan fingerprint density at radius 3 is 2.72 bits per heavy atom. The highest BCUT2D eigenvalue weighted by atomic mass is 16.6. The molecule has 0 saturated heterocycles. The van der Waals surface area contributed by atoms with Gasteiger partial charge in [-0.25, -0.2) is 0 Å². The first kappa shape index (κ1) is 11.8. The number of rotatable bonds is 2. The highest BCUT2D eigenvalue weighted by Gasteiger charge is 2.17. The third-order valence-electron chi connectivity index (χ3n) is 2.45. The van der Waals surface area contributed by atoms with Crippen LogP contribution in [-0.4, -0.2) is 15.9 Å². The summed E-state index contributed by atoms with van der Waals surface area (Å²) in [6, 6.07) is 7.33. The van der Waals surface area contributed by atoms with E-state index in [1.165, 1.54) is 13.0 Å². The van der Waals surface area contributed by atoms with Crippen molar-refractivity contribution in [3.05, 3.63) is 40.4 Å². The first-order valence-corrected chi connectivity index (χ1v) is 5.17. The number of hydrogen-bond donors (Lipinski definition) is 2. The quantitative estimate of drug-likeness (QED) is 0.628. The van der Waals surface area contributed by atoms with Crippen LogP contribution >= 0.6 is 0 Å². The van der Waals surface area contributed by atoms with E-state index in [1.54, 1.807) is 18.2 Å². The van der Waals surface area contributed by atoms with E-state index in [4.69, 9.17) is 0 Å². The zero-order chi connectivity index (χ0) is 13.3. The molecule has 0 unspecified atom stereocenters. The lowest BCUT2D eigenvalue weighted by molar-refractivity contribution is -0.383. The normalized spacial score (nSPS) is 10.3. The SMILES string of the molecule is CC(=O)Nc1cccc2cc(O)cc([N+](=O)[O-])c12. The van der Waals surface area contributed by atoms with Gasteiger partial charge in [0.05, 0.1) is 22.1 Å². The molecule has 0 bridgehead atoms. The first-order chi connectivity index (χ1) is 8.49. The average Bonchev–Trinajstić information content (AvgIpc) is 2.26. The van der Waals surface area contributed by atoms with E-state index in [2.05, 4.69) is 5.32 Å². The lowest BCUT2D eigenvalue weighted by atomic mass is 10.1. The maximum Gasteiger partial charge on any atom is 0.282 e. The average molecular weight is 246 g/mol. The minimum absolute atomic E-state index is 0.186. The van der Waals surface area contributed by atoms with Crippen LogP contribution < -0.4 is 5.32 Å². The fourth-order valence-electron chi connectivity index (χ4n) is 1.83. The van der Waals surface area contributed by atoms with E-state index in [9.17, 15) is 20.0 Å². The molecular formula is C12H10N2O4. The second kappa shape index (κ2) is 4.33. The Morgan fingerprint density at radius 1 is 1.39 bits per heavy atom. The van der Waals surface area contributed by atoms with Crippen LogP contribution in [-0.2, 0) is 4.79 Å². The van der Waals surface area contributed by atoms with Crippen molar-refractivity contribution in [2.24, 2.45) is 0 Å². The fourth-order valence-corrected chi connectivity index (χ4v) is 1.83. The smallest absolute Gasteiger partial charge is 0.282 e. The number of anilines is 1. The van der Waals surface area contributed by atoms with Crippen LogP contribution in [0.25, 0.3) is 10.8 Å². The molecule has 2 rings (SSSR count). The number of phenols is 1. The van der Waals surface area contributed by atoms with Crippen molar-refractivity contribution in [1.29, 1.82) is 0 Å². The second-order valence-electron chi connectivity index (χ2n) is 3.81. The van der Waals surface area contributed by atoms with Gasteiger partial charge in [0, 0.05) is 6.92 Å². The van der Waals surface area contributed by atoms with Crippen LogP contribution in [0, 0.1) is 10.1 Å². The van der Waals surface area contributed by atoms with Gasteiger partial charge >= 0.3 is 0 Å². The molecule has 2 aromatic carbocycles. The molecule has 0 aliphatic rings. The molecule has 0 aromatic heterocycles. The van der Waals surface area contributed by atoms with Crippen LogP contribution in [0.3, 0.4) is 0 Å². The number of aromatic hydroxyl groups is 1. The Morgan fingerprint density at radius 2 is 2.11 bits per heavy atom.